The molecule has 3 aliphatic heterocycles. The lowest BCUT2D eigenvalue weighted by Crippen LogP contribution is -2.49. The molecule has 0 radical (unpaired) electrons. The average Bonchev–Trinajstić information content (AvgIpc) is 2.93. The third-order valence-electron chi connectivity index (χ3n) is 5.58. The summed E-state index contributed by atoms with van der Waals surface area (Å²) in [5, 5.41) is 0. The highest BCUT2D eigenvalue weighted by Gasteiger charge is 2.42. The zero-order valence-electron chi connectivity index (χ0n) is 15.1. The Balaban J connectivity index is 1.57. The molecule has 2 unspecified atom stereocenters. The van der Waals surface area contributed by atoms with Crippen LogP contribution in [-0.4, -0.2) is 65.5 Å². The zero-order chi connectivity index (χ0) is 18.4. The summed E-state index contributed by atoms with van der Waals surface area (Å²) in [6, 6.07) is 6.00. The molecule has 2 fully saturated rings. The van der Waals surface area contributed by atoms with E-state index in [0.717, 1.165) is 29.0 Å². The Hall–Kier alpha value is -2.02. The summed E-state index contributed by atoms with van der Waals surface area (Å²) in [7, 11) is 1.80. The quantitative estimate of drug-likeness (QED) is 0.791. The van der Waals surface area contributed by atoms with Gasteiger partial charge >= 0.3 is 0 Å². The number of thioether (sulfide) groups is 1. The Bertz CT molecular complexity index is 781. The van der Waals surface area contributed by atoms with Crippen molar-refractivity contribution in [3.63, 3.8) is 0 Å². The van der Waals surface area contributed by atoms with E-state index in [-0.39, 0.29) is 36.3 Å². The van der Waals surface area contributed by atoms with Crippen LogP contribution in [-0.2, 0) is 14.4 Å². The number of amides is 3. The first-order chi connectivity index (χ1) is 12.4. The van der Waals surface area contributed by atoms with Crippen LogP contribution in [0.15, 0.2) is 23.1 Å². The maximum atomic E-state index is 13.1. The van der Waals surface area contributed by atoms with Gasteiger partial charge in [0.1, 0.15) is 6.54 Å². The molecular weight excluding hydrogens is 350 g/mol. The molecule has 7 heteroatoms. The number of anilines is 1. The lowest BCUT2D eigenvalue weighted by molar-refractivity contribution is -0.133. The second-order valence-electron chi connectivity index (χ2n) is 7.40. The Kier molecular flexibility index (Phi) is 4.42. The first-order valence-corrected chi connectivity index (χ1v) is 10.0. The van der Waals surface area contributed by atoms with Crippen molar-refractivity contribution in [2.45, 2.75) is 43.2 Å². The van der Waals surface area contributed by atoms with Gasteiger partial charge in [-0.3, -0.25) is 14.4 Å². The van der Waals surface area contributed by atoms with E-state index < -0.39 is 0 Å². The molecule has 2 atom stereocenters. The fourth-order valence-electron chi connectivity index (χ4n) is 4.23. The summed E-state index contributed by atoms with van der Waals surface area (Å²) < 4.78 is 0. The number of benzene rings is 1. The molecule has 0 aliphatic carbocycles. The van der Waals surface area contributed by atoms with Gasteiger partial charge < -0.3 is 14.7 Å². The van der Waals surface area contributed by atoms with Gasteiger partial charge in [0.2, 0.25) is 17.7 Å². The van der Waals surface area contributed by atoms with Gasteiger partial charge in [-0.2, -0.15) is 0 Å². The van der Waals surface area contributed by atoms with Crippen molar-refractivity contribution in [1.29, 1.82) is 0 Å². The molecule has 0 spiro atoms. The number of rotatable bonds is 2. The van der Waals surface area contributed by atoms with Crippen LogP contribution in [0.1, 0.15) is 24.8 Å². The van der Waals surface area contributed by atoms with Gasteiger partial charge in [0.25, 0.3) is 0 Å². The van der Waals surface area contributed by atoms with E-state index in [0.29, 0.717) is 18.7 Å². The smallest absolute Gasteiger partial charge is 0.243 e. The third kappa shape index (κ3) is 2.98. The minimum Gasteiger partial charge on any atom is -0.344 e. The van der Waals surface area contributed by atoms with E-state index in [1.54, 1.807) is 16.8 Å². The van der Waals surface area contributed by atoms with Gasteiger partial charge in [-0.05, 0) is 37.5 Å². The van der Waals surface area contributed by atoms with Crippen LogP contribution >= 0.6 is 11.8 Å². The number of aryl methyl sites for hydroxylation is 1. The van der Waals surface area contributed by atoms with Crippen LogP contribution in [0, 0.1) is 6.92 Å². The topological polar surface area (TPSA) is 60.9 Å². The zero-order valence-corrected chi connectivity index (χ0v) is 15.9. The van der Waals surface area contributed by atoms with Gasteiger partial charge in [-0.25, -0.2) is 0 Å². The normalized spacial score (nSPS) is 25.4. The van der Waals surface area contributed by atoms with Crippen molar-refractivity contribution in [3.8, 4) is 0 Å². The van der Waals surface area contributed by atoms with E-state index in [9.17, 15) is 14.4 Å². The Morgan fingerprint density at radius 1 is 1.19 bits per heavy atom. The van der Waals surface area contributed by atoms with Crippen molar-refractivity contribution in [3.05, 3.63) is 23.8 Å². The van der Waals surface area contributed by atoms with Gasteiger partial charge in [-0.15, -0.1) is 11.8 Å². The molecule has 1 aromatic carbocycles. The van der Waals surface area contributed by atoms with E-state index in [1.807, 2.05) is 24.0 Å². The van der Waals surface area contributed by atoms with Crippen LogP contribution < -0.4 is 4.90 Å². The van der Waals surface area contributed by atoms with Gasteiger partial charge in [0, 0.05) is 37.0 Å². The fourth-order valence-corrected chi connectivity index (χ4v) is 5.26. The predicted octanol–water partition coefficient (Wildman–Crippen LogP) is 1.66. The highest BCUT2D eigenvalue weighted by Crippen LogP contribution is 2.37. The molecule has 6 nitrogen and oxygen atoms in total. The van der Waals surface area contributed by atoms with Crippen molar-refractivity contribution < 1.29 is 14.4 Å². The second kappa shape index (κ2) is 6.61. The summed E-state index contributed by atoms with van der Waals surface area (Å²) >= 11 is 1.53. The Morgan fingerprint density at radius 3 is 2.77 bits per heavy atom. The highest BCUT2D eigenvalue weighted by atomic mass is 32.2. The summed E-state index contributed by atoms with van der Waals surface area (Å²) in [6.07, 6.45) is 2.18. The summed E-state index contributed by atoms with van der Waals surface area (Å²) in [4.78, 5) is 44.0. The summed E-state index contributed by atoms with van der Waals surface area (Å²) in [6.45, 7) is 2.66. The maximum Gasteiger partial charge on any atom is 0.243 e. The molecule has 4 rings (SSSR count). The van der Waals surface area contributed by atoms with Gasteiger partial charge in [-0.1, -0.05) is 6.07 Å². The third-order valence-corrected chi connectivity index (χ3v) is 6.61. The van der Waals surface area contributed by atoms with Crippen LogP contribution in [0.4, 0.5) is 5.69 Å². The number of hydrogen-bond acceptors (Lipinski definition) is 4. The summed E-state index contributed by atoms with van der Waals surface area (Å²) in [5.74, 6) is 0.376. The molecule has 0 aromatic heterocycles. The Labute approximate surface area is 157 Å². The molecule has 3 aliphatic rings. The lowest BCUT2D eigenvalue weighted by Gasteiger charge is -2.33. The molecule has 138 valence electrons. The van der Waals surface area contributed by atoms with Gasteiger partial charge in [0.05, 0.1) is 11.4 Å². The predicted molar refractivity (Wildman–Crippen MR) is 100 cm³/mol. The molecular formula is C19H23N3O3S. The number of hydrogen-bond donors (Lipinski definition) is 0. The van der Waals surface area contributed by atoms with Crippen molar-refractivity contribution in [1.82, 2.24) is 9.80 Å². The number of carbonyl (C=O) groups excluding carboxylic acids is 3. The number of nitrogens with zero attached hydrogens (tertiary/aromatic N) is 3. The largest absolute Gasteiger partial charge is 0.344 e. The first-order valence-electron chi connectivity index (χ1n) is 9.03. The summed E-state index contributed by atoms with van der Waals surface area (Å²) in [5.41, 5.74) is 1.96. The minimum atomic E-state index is -0.0487. The van der Waals surface area contributed by atoms with Crippen LogP contribution in [0.25, 0.3) is 0 Å². The minimum absolute atomic E-state index is 0.0308. The van der Waals surface area contributed by atoms with Crippen molar-refractivity contribution >= 4 is 35.2 Å². The van der Waals surface area contributed by atoms with E-state index in [4.69, 9.17) is 0 Å². The van der Waals surface area contributed by atoms with Crippen LogP contribution in [0.5, 0.6) is 0 Å². The number of fused-ring (bicyclic) bond motifs is 3. The van der Waals surface area contributed by atoms with E-state index >= 15 is 0 Å². The standard InChI is InChI=1S/C19H23N3O3S/c1-12-3-6-15-16(7-12)26-11-19(25)21(15)10-18(24)22-13-4-5-14(22)9-20(2)17(23)8-13/h3,6-7,13-14H,4-5,8-11H2,1-2H3. The van der Waals surface area contributed by atoms with Crippen molar-refractivity contribution in [2.75, 3.05) is 30.8 Å². The Morgan fingerprint density at radius 2 is 1.96 bits per heavy atom. The van der Waals surface area contributed by atoms with Crippen LogP contribution in [0.3, 0.4) is 0 Å². The molecule has 26 heavy (non-hydrogen) atoms. The fraction of sp³-hybridized carbons (Fsp3) is 0.526. The molecule has 2 saturated heterocycles. The monoisotopic (exact) mass is 373 g/mol. The molecule has 0 saturated carbocycles. The maximum absolute atomic E-state index is 13.1. The molecule has 2 bridgehead atoms. The second-order valence-corrected chi connectivity index (χ2v) is 8.42. The number of likely N-dealkylation sites (tertiary alicyclic amines) is 1. The van der Waals surface area contributed by atoms with E-state index in [2.05, 4.69) is 6.07 Å². The highest BCUT2D eigenvalue weighted by molar-refractivity contribution is 8.00. The van der Waals surface area contributed by atoms with Gasteiger partial charge in [0.15, 0.2) is 0 Å². The molecule has 1 aromatic rings. The number of likely N-dealkylation sites (N-methyl/N-ethyl adjacent to an activating group) is 1. The van der Waals surface area contributed by atoms with Crippen LogP contribution in [0.2, 0.25) is 0 Å². The molecule has 3 heterocycles. The first kappa shape index (κ1) is 17.4. The molecule has 0 N–H and O–H groups in total. The lowest BCUT2D eigenvalue weighted by atomic mass is 10.1. The SMILES string of the molecule is Cc1ccc2c(c1)SCC(=O)N2CC(=O)N1C2CCC1CN(C)C(=O)C2. The van der Waals surface area contributed by atoms with E-state index in [1.165, 1.54) is 11.8 Å². The van der Waals surface area contributed by atoms with Crippen molar-refractivity contribution in [2.24, 2.45) is 0 Å². The average molecular weight is 373 g/mol. The number of carbonyl (C=O) groups is 3. The molecule has 3 amide bonds.